The Labute approximate surface area is 164 Å². The summed E-state index contributed by atoms with van der Waals surface area (Å²) in [4.78, 5) is 30.0. The molecule has 3 rings (SSSR count). The van der Waals surface area contributed by atoms with Gasteiger partial charge in [-0.3, -0.25) is 9.59 Å². The molecule has 1 saturated heterocycles. The Kier molecular flexibility index (Phi) is 6.04. The third-order valence-corrected chi connectivity index (χ3v) is 6.49. The summed E-state index contributed by atoms with van der Waals surface area (Å²) in [5, 5.41) is 4.95. The molecule has 1 fully saturated rings. The molecule has 2 aromatic rings. The number of hydrogen-bond donors (Lipinski definition) is 1. The lowest BCUT2D eigenvalue weighted by molar-refractivity contribution is -0.121. The minimum atomic E-state index is -4.71. The van der Waals surface area contributed by atoms with Gasteiger partial charge >= 0.3 is 5.76 Å². The lowest BCUT2D eigenvalue weighted by Crippen LogP contribution is -2.43. The zero-order valence-electron chi connectivity index (χ0n) is 14.5. The number of carbonyl (C=O) groups is 2. The topological polar surface area (TPSA) is 96.4 Å². The molecule has 1 aromatic carbocycles. The molecule has 1 aliphatic rings. The van der Waals surface area contributed by atoms with E-state index in [2.05, 4.69) is 10.3 Å². The van der Waals surface area contributed by atoms with Crippen molar-refractivity contribution in [1.29, 1.82) is 0 Å². The second-order valence-corrected chi connectivity index (χ2v) is 9.06. The van der Waals surface area contributed by atoms with Gasteiger partial charge in [-0.15, -0.1) is 11.3 Å². The Morgan fingerprint density at radius 1 is 1.25 bits per heavy atom. The normalized spacial score (nSPS) is 17.5. The van der Waals surface area contributed by atoms with Crippen LogP contribution in [0.1, 0.15) is 23.2 Å². The fraction of sp³-hybridized carbons (Fsp3) is 0.353. The average molecular weight is 429 g/mol. The van der Waals surface area contributed by atoms with Crippen LogP contribution >= 0.6 is 11.3 Å². The molecule has 2 amide bonds. The number of hydrogen-bond acceptors (Lipinski definition) is 6. The number of anilines is 1. The molecule has 1 unspecified atom stereocenters. The lowest BCUT2D eigenvalue weighted by Gasteiger charge is -2.32. The van der Waals surface area contributed by atoms with Crippen LogP contribution in [0.3, 0.4) is 0 Å². The number of halogens is 2. The fourth-order valence-corrected chi connectivity index (χ4v) is 4.19. The third kappa shape index (κ3) is 4.36. The number of sulfone groups is 1. The third-order valence-electron chi connectivity index (χ3n) is 4.41. The number of likely N-dealkylation sites (tertiary alicyclic amines) is 1. The van der Waals surface area contributed by atoms with Crippen molar-refractivity contribution < 1.29 is 26.8 Å². The number of carbonyl (C=O) groups excluding carboxylic acids is 2. The molecule has 7 nitrogen and oxygen atoms in total. The van der Waals surface area contributed by atoms with Crippen molar-refractivity contribution >= 4 is 38.1 Å². The lowest BCUT2D eigenvalue weighted by atomic mass is 9.96. The van der Waals surface area contributed by atoms with Crippen LogP contribution in [0.25, 0.3) is 0 Å². The monoisotopic (exact) mass is 429 g/mol. The maximum absolute atomic E-state index is 12.7. The van der Waals surface area contributed by atoms with Gasteiger partial charge < -0.3 is 10.2 Å². The molecule has 1 N–H and O–H groups in total. The van der Waals surface area contributed by atoms with E-state index in [-0.39, 0.29) is 29.8 Å². The molecule has 1 atom stereocenters. The molecule has 0 saturated carbocycles. The van der Waals surface area contributed by atoms with Gasteiger partial charge in [0, 0.05) is 30.2 Å². The van der Waals surface area contributed by atoms with E-state index in [1.165, 1.54) is 28.4 Å². The predicted molar refractivity (Wildman–Crippen MR) is 99.0 cm³/mol. The minimum Gasteiger partial charge on any atom is -0.338 e. The fourth-order valence-electron chi connectivity index (χ4n) is 2.94. The molecule has 150 valence electrons. The Balaban J connectivity index is 1.67. The van der Waals surface area contributed by atoms with Crippen molar-refractivity contribution in [3.63, 3.8) is 0 Å². The smallest absolute Gasteiger partial charge is 0.338 e. The highest BCUT2D eigenvalue weighted by Gasteiger charge is 2.30. The maximum Gasteiger partial charge on any atom is 0.341 e. The molecular weight excluding hydrogens is 412 g/mol. The Hall–Kier alpha value is -2.40. The summed E-state index contributed by atoms with van der Waals surface area (Å²) in [6.07, 6.45) is 2.85. The zero-order chi connectivity index (χ0) is 20.3. The molecule has 0 bridgehead atoms. The van der Waals surface area contributed by atoms with Crippen LogP contribution in [0.4, 0.5) is 13.9 Å². The Bertz CT molecular complexity index is 947. The SMILES string of the molecule is O=C(Nc1nccs1)C1CCCN(C(=O)c2ccc(S(=O)(=O)C(F)F)cc2)C1. The van der Waals surface area contributed by atoms with Gasteiger partial charge in [-0.05, 0) is 37.1 Å². The summed E-state index contributed by atoms with van der Waals surface area (Å²) >= 11 is 1.30. The zero-order valence-corrected chi connectivity index (χ0v) is 16.2. The average Bonchev–Trinajstić information content (AvgIpc) is 3.20. The number of thiazole rings is 1. The number of rotatable bonds is 5. The molecule has 1 aromatic heterocycles. The van der Waals surface area contributed by atoms with Gasteiger partial charge in [-0.1, -0.05) is 0 Å². The maximum atomic E-state index is 12.7. The van der Waals surface area contributed by atoms with E-state index in [4.69, 9.17) is 0 Å². The summed E-state index contributed by atoms with van der Waals surface area (Å²) in [5.41, 5.74) is 0.175. The van der Waals surface area contributed by atoms with Crippen molar-refractivity contribution in [1.82, 2.24) is 9.88 Å². The molecular formula is C17H17F2N3O4S2. The molecule has 2 heterocycles. The van der Waals surface area contributed by atoms with E-state index >= 15 is 0 Å². The molecule has 28 heavy (non-hydrogen) atoms. The van der Waals surface area contributed by atoms with E-state index < -0.39 is 20.5 Å². The Morgan fingerprint density at radius 3 is 2.57 bits per heavy atom. The van der Waals surface area contributed by atoms with Gasteiger partial charge in [0.25, 0.3) is 5.91 Å². The molecule has 11 heteroatoms. The minimum absolute atomic E-state index is 0.175. The van der Waals surface area contributed by atoms with Crippen LogP contribution in [-0.2, 0) is 14.6 Å². The van der Waals surface area contributed by atoms with Crippen LogP contribution < -0.4 is 5.32 Å². The molecule has 0 spiro atoms. The second-order valence-electron chi connectivity index (χ2n) is 6.25. The van der Waals surface area contributed by atoms with Gasteiger partial charge in [-0.2, -0.15) is 8.78 Å². The van der Waals surface area contributed by atoms with Gasteiger partial charge in [0.2, 0.25) is 15.7 Å². The van der Waals surface area contributed by atoms with Crippen molar-refractivity contribution in [2.45, 2.75) is 23.5 Å². The summed E-state index contributed by atoms with van der Waals surface area (Å²) < 4.78 is 48.1. The van der Waals surface area contributed by atoms with Gasteiger partial charge in [-0.25, -0.2) is 13.4 Å². The predicted octanol–water partition coefficient (Wildman–Crippen LogP) is 2.63. The van der Waals surface area contributed by atoms with Gasteiger partial charge in [0.15, 0.2) is 5.13 Å². The number of amides is 2. The summed E-state index contributed by atoms with van der Waals surface area (Å²) in [6.45, 7) is 0.671. The van der Waals surface area contributed by atoms with E-state index in [0.29, 0.717) is 24.5 Å². The summed E-state index contributed by atoms with van der Waals surface area (Å²) in [6, 6.07) is 4.39. The van der Waals surface area contributed by atoms with E-state index in [9.17, 15) is 26.8 Å². The standard InChI is InChI=1S/C17H17F2N3O4S2/c18-16(19)28(25,26)13-5-3-11(4-6-13)15(24)22-8-1-2-12(10-22)14(23)21-17-20-7-9-27-17/h3-7,9,12,16H,1-2,8,10H2,(H,20,21,23). The van der Waals surface area contributed by atoms with Crippen molar-refractivity contribution in [2.24, 2.45) is 5.92 Å². The van der Waals surface area contributed by atoms with Crippen LogP contribution in [0, 0.1) is 5.92 Å². The largest absolute Gasteiger partial charge is 0.341 e. The van der Waals surface area contributed by atoms with E-state index in [1.807, 2.05) is 0 Å². The summed E-state index contributed by atoms with van der Waals surface area (Å²) in [7, 11) is -4.71. The molecule has 0 radical (unpaired) electrons. The van der Waals surface area contributed by atoms with Gasteiger partial charge in [0.05, 0.1) is 10.8 Å². The van der Waals surface area contributed by atoms with Crippen LogP contribution in [0.5, 0.6) is 0 Å². The van der Waals surface area contributed by atoms with Crippen molar-refractivity contribution in [3.05, 3.63) is 41.4 Å². The summed E-state index contributed by atoms with van der Waals surface area (Å²) in [5.74, 6) is -4.51. The first-order valence-electron chi connectivity index (χ1n) is 8.41. The van der Waals surface area contributed by atoms with Gasteiger partial charge in [0.1, 0.15) is 0 Å². The van der Waals surface area contributed by atoms with Crippen LogP contribution in [0.15, 0.2) is 40.7 Å². The second kappa shape index (κ2) is 8.31. The first-order valence-corrected chi connectivity index (χ1v) is 10.8. The highest BCUT2D eigenvalue weighted by Crippen LogP contribution is 2.23. The highest BCUT2D eigenvalue weighted by molar-refractivity contribution is 7.91. The van der Waals surface area contributed by atoms with Crippen molar-refractivity contribution in [3.8, 4) is 0 Å². The Morgan fingerprint density at radius 2 is 1.96 bits per heavy atom. The number of benzene rings is 1. The molecule has 0 aliphatic carbocycles. The first kappa shape index (κ1) is 20.3. The number of aromatic nitrogens is 1. The first-order chi connectivity index (χ1) is 13.3. The number of nitrogens with one attached hydrogen (secondary N) is 1. The van der Waals surface area contributed by atoms with E-state index in [1.54, 1.807) is 11.6 Å². The number of alkyl halides is 2. The van der Waals surface area contributed by atoms with E-state index in [0.717, 1.165) is 12.1 Å². The van der Waals surface area contributed by atoms with Crippen LogP contribution in [0.2, 0.25) is 0 Å². The number of nitrogens with zero attached hydrogens (tertiary/aromatic N) is 2. The molecule has 1 aliphatic heterocycles. The van der Waals surface area contributed by atoms with Crippen LogP contribution in [-0.4, -0.2) is 49.0 Å². The highest BCUT2D eigenvalue weighted by atomic mass is 32.2. The quantitative estimate of drug-likeness (QED) is 0.788. The number of piperidine rings is 1. The van der Waals surface area contributed by atoms with Crippen molar-refractivity contribution in [2.75, 3.05) is 18.4 Å².